The molecule has 0 aliphatic heterocycles. The Hall–Kier alpha value is -0.470. The lowest BCUT2D eigenvalue weighted by atomic mass is 10.4. The van der Waals surface area contributed by atoms with Gasteiger partial charge in [-0.25, -0.2) is 4.21 Å². The highest BCUT2D eigenvalue weighted by Crippen LogP contribution is 2.12. The maximum atomic E-state index is 11.0. The predicted molar refractivity (Wildman–Crippen MR) is 45.8 cm³/mol. The zero-order chi connectivity index (χ0) is 7.61. The monoisotopic (exact) mass is 174 g/mol. The molecule has 0 heterocycles. The standard InChI is InChI=1S/C7H7ClOS/c1-10(8,9)7-5-3-2-4-6-7/h2-6H,1H2. The minimum absolute atomic E-state index is 0.580. The molecular weight excluding hydrogens is 168 g/mol. The molecule has 0 aliphatic carbocycles. The van der Waals surface area contributed by atoms with Crippen molar-refractivity contribution >= 4 is 25.3 Å². The lowest BCUT2D eigenvalue weighted by molar-refractivity contribution is 0.689. The Morgan fingerprint density at radius 3 is 2.10 bits per heavy atom. The first-order valence-electron chi connectivity index (χ1n) is 2.72. The van der Waals surface area contributed by atoms with Crippen LogP contribution in [0.25, 0.3) is 0 Å². The van der Waals surface area contributed by atoms with Crippen LogP contribution in [0.2, 0.25) is 0 Å². The second-order valence-corrected chi connectivity index (χ2v) is 5.06. The van der Waals surface area contributed by atoms with Crippen LogP contribution in [0.3, 0.4) is 0 Å². The Morgan fingerprint density at radius 1 is 1.30 bits per heavy atom. The summed E-state index contributed by atoms with van der Waals surface area (Å²) < 4.78 is 11.0. The second kappa shape index (κ2) is 2.64. The maximum absolute atomic E-state index is 11.0. The van der Waals surface area contributed by atoms with Crippen molar-refractivity contribution in [3.05, 3.63) is 30.3 Å². The van der Waals surface area contributed by atoms with Gasteiger partial charge in [0.15, 0.2) is 0 Å². The summed E-state index contributed by atoms with van der Waals surface area (Å²) in [6.07, 6.45) is 0. The molecule has 1 unspecified atom stereocenters. The highest BCUT2D eigenvalue weighted by Gasteiger charge is 1.99. The smallest absolute Gasteiger partial charge is 0.0759 e. The van der Waals surface area contributed by atoms with E-state index in [9.17, 15) is 4.21 Å². The molecule has 1 aromatic rings. The third kappa shape index (κ3) is 1.75. The van der Waals surface area contributed by atoms with Crippen LogP contribution >= 0.6 is 10.7 Å². The van der Waals surface area contributed by atoms with Crippen LogP contribution in [0.4, 0.5) is 0 Å². The highest BCUT2D eigenvalue weighted by molar-refractivity contribution is 8.21. The van der Waals surface area contributed by atoms with E-state index < -0.39 is 8.74 Å². The molecular formula is C7H7ClOS. The van der Waals surface area contributed by atoms with E-state index in [1.807, 2.05) is 6.07 Å². The molecule has 0 amide bonds. The fourth-order valence-electron chi connectivity index (χ4n) is 0.624. The van der Waals surface area contributed by atoms with Gasteiger partial charge in [0.05, 0.1) is 8.74 Å². The first kappa shape index (κ1) is 7.63. The van der Waals surface area contributed by atoms with E-state index in [2.05, 4.69) is 5.87 Å². The summed E-state index contributed by atoms with van der Waals surface area (Å²) in [6, 6.07) is 8.79. The molecule has 1 rings (SSSR count). The molecule has 0 radical (unpaired) electrons. The summed E-state index contributed by atoms with van der Waals surface area (Å²) in [6.45, 7) is 0. The fraction of sp³-hybridized carbons (Fsp3) is 0. The molecule has 0 fully saturated rings. The van der Waals surface area contributed by atoms with Crippen LogP contribution in [0.1, 0.15) is 0 Å². The summed E-state index contributed by atoms with van der Waals surface area (Å²) in [5, 5.41) is 0. The van der Waals surface area contributed by atoms with Crippen molar-refractivity contribution < 1.29 is 4.21 Å². The molecule has 1 aromatic carbocycles. The minimum atomic E-state index is -2.53. The van der Waals surface area contributed by atoms with Gasteiger partial charge in [-0.05, 0) is 28.7 Å². The molecule has 10 heavy (non-hydrogen) atoms. The Balaban J connectivity index is 3.22. The molecule has 0 aliphatic rings. The zero-order valence-corrected chi connectivity index (χ0v) is 6.86. The lowest BCUT2D eigenvalue weighted by Gasteiger charge is -1.96. The van der Waals surface area contributed by atoms with Crippen LogP contribution < -0.4 is 0 Å². The van der Waals surface area contributed by atoms with Crippen LogP contribution in [-0.2, 0) is 8.74 Å². The number of halogens is 1. The van der Waals surface area contributed by atoms with Crippen molar-refractivity contribution in [2.75, 3.05) is 0 Å². The van der Waals surface area contributed by atoms with E-state index in [1.165, 1.54) is 0 Å². The Morgan fingerprint density at radius 2 is 1.80 bits per heavy atom. The van der Waals surface area contributed by atoms with Gasteiger partial charge < -0.3 is 0 Å². The number of rotatable bonds is 1. The summed E-state index contributed by atoms with van der Waals surface area (Å²) in [5.41, 5.74) is 0. The zero-order valence-electron chi connectivity index (χ0n) is 5.29. The van der Waals surface area contributed by atoms with Crippen LogP contribution in [0, 0.1) is 0 Å². The predicted octanol–water partition coefficient (Wildman–Crippen LogP) is 1.92. The van der Waals surface area contributed by atoms with Gasteiger partial charge in [-0.3, -0.25) is 0 Å². The summed E-state index contributed by atoms with van der Waals surface area (Å²) in [4.78, 5) is 0.580. The molecule has 0 spiro atoms. The van der Waals surface area contributed by atoms with Crippen molar-refractivity contribution in [1.29, 1.82) is 0 Å². The minimum Gasteiger partial charge on any atom is -0.248 e. The third-order valence-electron chi connectivity index (χ3n) is 1.10. The molecule has 0 bridgehead atoms. The lowest BCUT2D eigenvalue weighted by Crippen LogP contribution is -1.87. The van der Waals surface area contributed by atoms with Crippen molar-refractivity contribution in [3.8, 4) is 0 Å². The summed E-state index contributed by atoms with van der Waals surface area (Å²) in [7, 11) is 2.94. The second-order valence-electron chi connectivity index (χ2n) is 1.91. The molecule has 1 atom stereocenters. The van der Waals surface area contributed by atoms with Crippen molar-refractivity contribution in [2.24, 2.45) is 0 Å². The van der Waals surface area contributed by atoms with Crippen LogP contribution in [-0.4, -0.2) is 10.1 Å². The van der Waals surface area contributed by atoms with Crippen LogP contribution in [0.5, 0.6) is 0 Å². The van der Waals surface area contributed by atoms with E-state index in [1.54, 1.807) is 24.3 Å². The van der Waals surface area contributed by atoms with Gasteiger partial charge >= 0.3 is 0 Å². The largest absolute Gasteiger partial charge is 0.248 e. The van der Waals surface area contributed by atoms with Crippen LogP contribution in [0.15, 0.2) is 35.2 Å². The van der Waals surface area contributed by atoms with E-state index >= 15 is 0 Å². The van der Waals surface area contributed by atoms with Crippen molar-refractivity contribution in [2.45, 2.75) is 4.90 Å². The first-order valence-corrected chi connectivity index (χ1v) is 5.28. The van der Waals surface area contributed by atoms with Gasteiger partial charge in [0.25, 0.3) is 0 Å². The molecule has 1 nitrogen and oxygen atoms in total. The molecule has 0 N–H and O–H groups in total. The number of benzene rings is 1. The van der Waals surface area contributed by atoms with Gasteiger partial charge in [0.1, 0.15) is 0 Å². The average molecular weight is 175 g/mol. The number of hydrogen-bond donors (Lipinski definition) is 0. The van der Waals surface area contributed by atoms with Crippen molar-refractivity contribution in [1.82, 2.24) is 0 Å². The van der Waals surface area contributed by atoms with E-state index in [0.717, 1.165) is 0 Å². The summed E-state index contributed by atoms with van der Waals surface area (Å²) in [5.74, 6) is 3.33. The Labute approximate surface area is 65.1 Å². The van der Waals surface area contributed by atoms with Crippen molar-refractivity contribution in [3.63, 3.8) is 0 Å². The number of hydrogen-bond acceptors (Lipinski definition) is 1. The normalized spacial score (nSPS) is 16.1. The molecule has 0 aromatic heterocycles. The SMILES string of the molecule is C=S(=O)(Cl)c1ccccc1. The highest BCUT2D eigenvalue weighted by atomic mass is 35.7. The molecule has 0 saturated heterocycles. The fourth-order valence-corrected chi connectivity index (χ4v) is 1.50. The molecule has 0 saturated carbocycles. The van der Waals surface area contributed by atoms with Gasteiger partial charge in [-0.1, -0.05) is 18.2 Å². The van der Waals surface area contributed by atoms with Gasteiger partial charge in [-0.15, -0.1) is 0 Å². The Kier molecular flexibility index (Phi) is 2.02. The third-order valence-corrected chi connectivity index (χ3v) is 2.61. The van der Waals surface area contributed by atoms with E-state index in [4.69, 9.17) is 10.7 Å². The summed E-state index contributed by atoms with van der Waals surface area (Å²) >= 11 is 0. The van der Waals surface area contributed by atoms with Gasteiger partial charge in [-0.2, -0.15) is 0 Å². The van der Waals surface area contributed by atoms with E-state index in [-0.39, 0.29) is 0 Å². The van der Waals surface area contributed by atoms with E-state index in [0.29, 0.717) is 4.90 Å². The Bertz CT molecular complexity index is 302. The van der Waals surface area contributed by atoms with Gasteiger partial charge in [0, 0.05) is 4.90 Å². The quantitative estimate of drug-likeness (QED) is 0.470. The topological polar surface area (TPSA) is 17.1 Å². The van der Waals surface area contributed by atoms with Gasteiger partial charge in [0.2, 0.25) is 0 Å². The molecule has 54 valence electrons. The maximum Gasteiger partial charge on any atom is 0.0759 e. The first-order chi connectivity index (χ1) is 4.61. The average Bonchev–Trinajstić information content (AvgIpc) is 1.88. The molecule has 3 heteroatoms.